The summed E-state index contributed by atoms with van der Waals surface area (Å²) in [5.41, 5.74) is 29.3. The van der Waals surface area contributed by atoms with Crippen LogP contribution in [0.1, 0.15) is 146 Å². The third-order valence-corrected chi connectivity index (χ3v) is 19.8. The van der Waals surface area contributed by atoms with Crippen LogP contribution in [0.15, 0.2) is 164 Å². The second kappa shape index (κ2) is 14.7. The SMILES string of the molecule is CC(C)(C)c1ccc(N(c2ccc(C(C)(C)C)cc2)c2cc3c4c(c2)-n2c5c(c6cccc(c62)B4c2cc(C(C)(C)C)cc4c2N3C2(C)CCCCC42C)C2(c3ccccc3-c3ccccc32)c2ccccc2-5)cc1. The first-order valence-corrected chi connectivity index (χ1v) is 28.0. The third kappa shape index (κ3) is 5.63. The van der Waals surface area contributed by atoms with Crippen molar-refractivity contribution in [1.82, 2.24) is 4.57 Å². The van der Waals surface area contributed by atoms with Gasteiger partial charge in [-0.05, 0) is 139 Å². The summed E-state index contributed by atoms with van der Waals surface area (Å²) < 4.78 is 2.79. The molecule has 15 rings (SSSR count). The fourth-order valence-electron chi connectivity index (χ4n) is 15.9. The maximum Gasteiger partial charge on any atom is 0.252 e. The third-order valence-electron chi connectivity index (χ3n) is 19.8. The molecule has 1 fully saturated rings. The van der Waals surface area contributed by atoms with Crippen LogP contribution in [-0.2, 0) is 27.1 Å². The van der Waals surface area contributed by atoms with Gasteiger partial charge in [0.05, 0.1) is 22.3 Å². The van der Waals surface area contributed by atoms with Gasteiger partial charge < -0.3 is 14.4 Å². The minimum Gasteiger partial charge on any atom is -0.335 e. The highest BCUT2D eigenvalue weighted by molar-refractivity contribution is 7.00. The Morgan fingerprint density at radius 3 is 1.60 bits per heavy atom. The van der Waals surface area contributed by atoms with E-state index >= 15 is 0 Å². The molecule has 2 atom stereocenters. The second-order valence-corrected chi connectivity index (χ2v) is 26.8. The normalized spacial score (nSPS) is 19.9. The van der Waals surface area contributed by atoms with Gasteiger partial charge in [0.1, 0.15) is 0 Å². The summed E-state index contributed by atoms with van der Waals surface area (Å²) in [5, 5.41) is 1.36. The highest BCUT2D eigenvalue weighted by Gasteiger charge is 2.62. The van der Waals surface area contributed by atoms with Gasteiger partial charge in [-0.2, -0.15) is 0 Å². The molecule has 6 aliphatic rings. The number of hydrogen-bond acceptors (Lipinski definition) is 2. The van der Waals surface area contributed by atoms with E-state index in [4.69, 9.17) is 0 Å². The first kappa shape index (κ1) is 45.4. The Hall–Kier alpha value is -7.04. The molecule has 0 bridgehead atoms. The summed E-state index contributed by atoms with van der Waals surface area (Å²) in [6.45, 7) is 26.5. The lowest BCUT2D eigenvalue weighted by Gasteiger charge is -2.52. The van der Waals surface area contributed by atoms with Gasteiger partial charge in [-0.3, -0.25) is 0 Å². The first-order chi connectivity index (χ1) is 35.9. The quantitative estimate of drug-likeness (QED) is 0.164. The zero-order valence-electron chi connectivity index (χ0n) is 45.8. The Morgan fingerprint density at radius 2 is 1.01 bits per heavy atom. The number of hydrogen-bond donors (Lipinski definition) is 0. The Labute approximate surface area is 445 Å². The largest absolute Gasteiger partial charge is 0.335 e. The Morgan fingerprint density at radius 1 is 0.480 bits per heavy atom. The summed E-state index contributed by atoms with van der Waals surface area (Å²) in [6.07, 6.45) is 4.81. The van der Waals surface area contributed by atoms with E-state index in [1.807, 2.05) is 0 Å². The van der Waals surface area contributed by atoms with Crippen molar-refractivity contribution in [2.24, 2.45) is 0 Å². The Kier molecular flexibility index (Phi) is 8.87. The van der Waals surface area contributed by atoms with E-state index in [1.165, 1.54) is 142 Å². The van der Waals surface area contributed by atoms with E-state index in [0.29, 0.717) is 0 Å². The standard InChI is InChI=1S/C71H68BN3/c1-66(2,3)43-29-33-46(34-30-43)73(47-35-31-44(32-36-47)67(4,5)6)48-41-59-62-60(42-48)75-65-56(69(10)37-18-19-38-70(69,75)11)39-45(68(7,8)9)40-58(65)72(62)57-28-20-24-52-61-64(74(59)63(52)57)51-23-14-17-27-55(51)71(61)53-25-15-12-21-49(53)50-22-13-16-26-54(50)71/h12-17,20-36,39-42H,18-19,37-38H2,1-11H3. The summed E-state index contributed by atoms with van der Waals surface area (Å²) in [6, 6.07) is 64.9. The van der Waals surface area contributed by atoms with Gasteiger partial charge in [-0.1, -0.05) is 209 Å². The van der Waals surface area contributed by atoms with Crippen LogP contribution in [0.5, 0.6) is 0 Å². The zero-order chi connectivity index (χ0) is 51.5. The van der Waals surface area contributed by atoms with E-state index < -0.39 is 5.41 Å². The summed E-state index contributed by atoms with van der Waals surface area (Å²) in [5.74, 6) is 0. The van der Waals surface area contributed by atoms with Crippen LogP contribution >= 0.6 is 0 Å². The van der Waals surface area contributed by atoms with Crippen LogP contribution in [-0.4, -0.2) is 16.8 Å². The molecule has 370 valence electrons. The number of para-hydroxylation sites is 1. The van der Waals surface area contributed by atoms with E-state index in [0.717, 1.165) is 6.42 Å². The highest BCUT2D eigenvalue weighted by atomic mass is 15.3. The maximum absolute atomic E-state index is 2.93. The first-order valence-electron chi connectivity index (χ1n) is 28.0. The van der Waals surface area contributed by atoms with Crippen LogP contribution in [0, 0.1) is 0 Å². The minimum atomic E-state index is -0.489. The number of rotatable bonds is 3. The van der Waals surface area contributed by atoms with Gasteiger partial charge in [0, 0.05) is 55.9 Å². The van der Waals surface area contributed by atoms with Crippen LogP contribution in [0.2, 0.25) is 0 Å². The molecule has 9 aromatic rings. The predicted molar refractivity (Wildman–Crippen MR) is 318 cm³/mol. The van der Waals surface area contributed by atoms with Crippen molar-refractivity contribution in [3.05, 3.63) is 208 Å². The van der Waals surface area contributed by atoms with Gasteiger partial charge in [-0.15, -0.1) is 0 Å². The fraction of sp³-hybridized carbons (Fsp3) is 0.296. The lowest BCUT2D eigenvalue weighted by Crippen LogP contribution is -2.64. The summed E-state index contributed by atoms with van der Waals surface area (Å²) >= 11 is 0. The number of nitrogens with zero attached hydrogens (tertiary/aromatic N) is 3. The van der Waals surface area contributed by atoms with Crippen molar-refractivity contribution in [2.75, 3.05) is 9.80 Å². The molecule has 1 spiro atoms. The topological polar surface area (TPSA) is 11.4 Å². The summed E-state index contributed by atoms with van der Waals surface area (Å²) in [4.78, 5) is 5.50. The highest BCUT2D eigenvalue weighted by Crippen LogP contribution is 2.67. The average Bonchev–Trinajstić information content (AvgIpc) is 4.21. The second-order valence-electron chi connectivity index (χ2n) is 26.8. The number of benzene rings is 8. The van der Waals surface area contributed by atoms with E-state index in [2.05, 4.69) is 254 Å². The zero-order valence-corrected chi connectivity index (χ0v) is 45.8. The molecule has 1 aromatic heterocycles. The van der Waals surface area contributed by atoms with Crippen molar-refractivity contribution in [3.8, 4) is 28.1 Å². The fourth-order valence-corrected chi connectivity index (χ4v) is 15.9. The van der Waals surface area contributed by atoms with Gasteiger partial charge in [0.15, 0.2) is 0 Å². The Balaban J connectivity index is 1.11. The van der Waals surface area contributed by atoms with Gasteiger partial charge in [0.25, 0.3) is 6.71 Å². The molecule has 0 saturated heterocycles. The average molecular weight is 974 g/mol. The predicted octanol–water partition coefficient (Wildman–Crippen LogP) is 16.2. The van der Waals surface area contributed by atoms with Crippen molar-refractivity contribution in [3.63, 3.8) is 0 Å². The maximum atomic E-state index is 2.93. The lowest BCUT2D eigenvalue weighted by molar-refractivity contribution is 0.195. The molecule has 75 heavy (non-hydrogen) atoms. The monoisotopic (exact) mass is 974 g/mol. The number of fused-ring (bicyclic) bond motifs is 19. The lowest BCUT2D eigenvalue weighted by atomic mass is 9.33. The van der Waals surface area contributed by atoms with E-state index in [1.54, 1.807) is 5.56 Å². The molecular formula is C71H68BN3. The molecule has 0 amide bonds. The summed E-state index contributed by atoms with van der Waals surface area (Å²) in [7, 11) is 0. The van der Waals surface area contributed by atoms with Crippen LogP contribution in [0.3, 0.4) is 0 Å². The molecule has 8 aromatic carbocycles. The minimum absolute atomic E-state index is 0.0274. The van der Waals surface area contributed by atoms with Crippen LogP contribution < -0.4 is 26.2 Å². The number of anilines is 5. The van der Waals surface area contributed by atoms with Crippen LogP contribution in [0.25, 0.3) is 39.0 Å². The van der Waals surface area contributed by atoms with Gasteiger partial charge in [0.2, 0.25) is 0 Å². The molecule has 0 radical (unpaired) electrons. The van der Waals surface area contributed by atoms with Crippen molar-refractivity contribution in [1.29, 1.82) is 0 Å². The molecule has 1 saturated carbocycles. The molecule has 3 aliphatic carbocycles. The molecule has 4 heteroatoms. The van der Waals surface area contributed by atoms with Crippen LogP contribution in [0.4, 0.5) is 28.4 Å². The van der Waals surface area contributed by atoms with Gasteiger partial charge in [-0.25, -0.2) is 0 Å². The molecule has 0 N–H and O–H groups in total. The van der Waals surface area contributed by atoms with Crippen molar-refractivity contribution >= 4 is 62.4 Å². The smallest absolute Gasteiger partial charge is 0.252 e. The van der Waals surface area contributed by atoms with E-state index in [9.17, 15) is 0 Å². The molecule has 3 aliphatic heterocycles. The number of aromatic nitrogens is 1. The van der Waals surface area contributed by atoms with Crippen molar-refractivity contribution in [2.45, 2.75) is 134 Å². The van der Waals surface area contributed by atoms with E-state index in [-0.39, 0.29) is 33.9 Å². The molecule has 3 nitrogen and oxygen atoms in total. The Bertz CT molecular complexity index is 3840. The van der Waals surface area contributed by atoms with Crippen molar-refractivity contribution < 1.29 is 0 Å². The molecule has 2 unspecified atom stereocenters. The molecular weight excluding hydrogens is 906 g/mol. The molecule has 4 heterocycles. The van der Waals surface area contributed by atoms with Gasteiger partial charge >= 0.3 is 0 Å².